The van der Waals surface area contributed by atoms with Gasteiger partial charge in [-0.1, -0.05) is 12.1 Å². The van der Waals surface area contributed by atoms with Gasteiger partial charge in [0.1, 0.15) is 17.3 Å². The van der Waals surface area contributed by atoms with Crippen LogP contribution in [0.15, 0.2) is 30.3 Å². The second kappa shape index (κ2) is 7.93. The number of phenols is 1. The van der Waals surface area contributed by atoms with Crippen molar-refractivity contribution in [3.05, 3.63) is 47.2 Å². The molecule has 0 unspecified atom stereocenters. The molecule has 0 fully saturated rings. The molecule has 1 aromatic heterocycles. The Hall–Kier alpha value is -2.31. The molecule has 0 bridgehead atoms. The molecular formula is C20H27N3O3. The molecule has 0 radical (unpaired) electrons. The van der Waals surface area contributed by atoms with Crippen molar-refractivity contribution in [2.24, 2.45) is 0 Å². The van der Waals surface area contributed by atoms with E-state index in [9.17, 15) is 10.2 Å². The fraction of sp³-hybridized carbons (Fsp3) is 0.450. The first-order chi connectivity index (χ1) is 12.5. The molecule has 2 N–H and O–H groups in total. The van der Waals surface area contributed by atoms with Gasteiger partial charge in [-0.05, 0) is 25.5 Å². The molecular weight excluding hydrogens is 330 g/mol. The monoisotopic (exact) mass is 357 g/mol. The number of nitrogens with zero attached hydrogens (tertiary/aromatic N) is 3. The van der Waals surface area contributed by atoms with Gasteiger partial charge in [0.2, 0.25) is 0 Å². The number of aromatic hydroxyl groups is 1. The van der Waals surface area contributed by atoms with Crippen LogP contribution in [0.25, 0.3) is 0 Å². The van der Waals surface area contributed by atoms with Gasteiger partial charge >= 0.3 is 0 Å². The number of hydrogen-bond acceptors (Lipinski definition) is 6. The van der Waals surface area contributed by atoms with Crippen molar-refractivity contribution in [3.8, 4) is 11.5 Å². The fourth-order valence-corrected chi connectivity index (χ4v) is 3.41. The lowest BCUT2D eigenvalue weighted by molar-refractivity contribution is 0.204. The minimum atomic E-state index is 0.0234. The van der Waals surface area contributed by atoms with E-state index >= 15 is 0 Å². The SMILES string of the molecule is COc1ccc(CN2CC[C@@H](CO)N(C)c3nc(C)ccc3C2)c(O)c1. The van der Waals surface area contributed by atoms with E-state index in [4.69, 9.17) is 9.72 Å². The average Bonchev–Trinajstić information content (AvgIpc) is 2.63. The summed E-state index contributed by atoms with van der Waals surface area (Å²) in [6.45, 7) is 4.27. The molecule has 1 aromatic carbocycles. The van der Waals surface area contributed by atoms with Gasteiger partial charge < -0.3 is 19.8 Å². The van der Waals surface area contributed by atoms with Gasteiger partial charge in [-0.25, -0.2) is 4.98 Å². The van der Waals surface area contributed by atoms with Crippen LogP contribution >= 0.6 is 0 Å². The number of aryl methyl sites for hydroxylation is 1. The number of methoxy groups -OCH3 is 1. The Bertz CT molecular complexity index is 766. The Labute approximate surface area is 154 Å². The van der Waals surface area contributed by atoms with Crippen molar-refractivity contribution in [2.45, 2.75) is 32.5 Å². The number of fused-ring (bicyclic) bond motifs is 1. The van der Waals surface area contributed by atoms with Crippen molar-refractivity contribution in [3.63, 3.8) is 0 Å². The maximum absolute atomic E-state index is 10.3. The molecule has 6 nitrogen and oxygen atoms in total. The Balaban J connectivity index is 1.87. The van der Waals surface area contributed by atoms with Gasteiger partial charge in [0.15, 0.2) is 0 Å². The van der Waals surface area contributed by atoms with E-state index in [1.54, 1.807) is 13.2 Å². The molecule has 26 heavy (non-hydrogen) atoms. The molecule has 1 atom stereocenters. The topological polar surface area (TPSA) is 69.1 Å². The quantitative estimate of drug-likeness (QED) is 0.875. The molecule has 0 saturated heterocycles. The standard InChI is InChI=1S/C20H27N3O3/c1-14-4-5-16-12-23(9-8-17(13-24)22(2)20(16)21-14)11-15-6-7-18(26-3)10-19(15)25/h4-7,10,17,24-25H,8-9,11-13H2,1-3H3/t17-/m0/s1. The fourth-order valence-electron chi connectivity index (χ4n) is 3.41. The highest BCUT2D eigenvalue weighted by Gasteiger charge is 2.24. The number of benzene rings is 1. The molecule has 2 aromatic rings. The number of pyridine rings is 1. The van der Waals surface area contributed by atoms with Crippen LogP contribution in [-0.2, 0) is 13.1 Å². The summed E-state index contributed by atoms with van der Waals surface area (Å²) in [7, 11) is 3.58. The molecule has 1 aliphatic rings. The highest BCUT2D eigenvalue weighted by molar-refractivity contribution is 5.48. The zero-order chi connectivity index (χ0) is 18.7. The average molecular weight is 357 g/mol. The van der Waals surface area contributed by atoms with Crippen LogP contribution in [0.1, 0.15) is 23.2 Å². The molecule has 0 amide bonds. The number of anilines is 1. The van der Waals surface area contributed by atoms with E-state index in [-0.39, 0.29) is 18.4 Å². The third kappa shape index (κ3) is 3.92. The summed E-state index contributed by atoms with van der Waals surface area (Å²) in [5.74, 6) is 1.81. The number of aliphatic hydroxyl groups excluding tert-OH is 1. The van der Waals surface area contributed by atoms with Gasteiger partial charge in [0, 0.05) is 49.6 Å². The molecule has 0 saturated carbocycles. The number of phenolic OH excluding ortho intramolecular Hbond substituents is 1. The van der Waals surface area contributed by atoms with Crippen molar-refractivity contribution < 1.29 is 14.9 Å². The van der Waals surface area contributed by atoms with Gasteiger partial charge in [0.05, 0.1) is 19.8 Å². The third-order valence-electron chi connectivity index (χ3n) is 5.05. The van der Waals surface area contributed by atoms with Crippen molar-refractivity contribution in [1.29, 1.82) is 0 Å². The summed E-state index contributed by atoms with van der Waals surface area (Å²) < 4.78 is 5.16. The lowest BCUT2D eigenvalue weighted by Gasteiger charge is -2.35. The van der Waals surface area contributed by atoms with E-state index < -0.39 is 0 Å². The van der Waals surface area contributed by atoms with Crippen LogP contribution in [0.3, 0.4) is 0 Å². The first-order valence-corrected chi connectivity index (χ1v) is 8.90. The van der Waals surface area contributed by atoms with Gasteiger partial charge in [-0.2, -0.15) is 0 Å². The van der Waals surface area contributed by atoms with Crippen molar-refractivity contribution in [2.75, 3.05) is 32.2 Å². The third-order valence-corrected chi connectivity index (χ3v) is 5.05. The zero-order valence-corrected chi connectivity index (χ0v) is 15.6. The van der Waals surface area contributed by atoms with E-state index in [1.807, 2.05) is 32.2 Å². The van der Waals surface area contributed by atoms with Crippen LogP contribution in [0.4, 0.5) is 5.82 Å². The van der Waals surface area contributed by atoms with Gasteiger partial charge in [-0.15, -0.1) is 0 Å². The second-order valence-corrected chi connectivity index (χ2v) is 6.88. The van der Waals surface area contributed by atoms with Gasteiger partial charge in [0.25, 0.3) is 0 Å². The minimum Gasteiger partial charge on any atom is -0.507 e. The van der Waals surface area contributed by atoms with Gasteiger partial charge in [-0.3, -0.25) is 4.90 Å². The smallest absolute Gasteiger partial charge is 0.133 e. The summed E-state index contributed by atoms with van der Waals surface area (Å²) in [5, 5.41) is 20.1. The predicted molar refractivity (Wildman–Crippen MR) is 102 cm³/mol. The Morgan fingerprint density at radius 3 is 2.77 bits per heavy atom. The maximum Gasteiger partial charge on any atom is 0.133 e. The van der Waals surface area contributed by atoms with Crippen molar-refractivity contribution >= 4 is 5.82 Å². The Kier molecular flexibility index (Phi) is 5.64. The second-order valence-electron chi connectivity index (χ2n) is 6.88. The normalized spacial score (nSPS) is 18.2. The number of likely N-dealkylation sites (N-methyl/N-ethyl adjacent to an activating group) is 1. The van der Waals surface area contributed by atoms with E-state index in [0.717, 1.165) is 42.1 Å². The number of hydrogen-bond donors (Lipinski definition) is 2. The van der Waals surface area contributed by atoms with Crippen LogP contribution in [0.5, 0.6) is 11.5 Å². The summed E-state index contributed by atoms with van der Waals surface area (Å²) in [6.07, 6.45) is 0.832. The zero-order valence-electron chi connectivity index (χ0n) is 15.6. The van der Waals surface area contributed by atoms with Crippen LogP contribution in [-0.4, -0.2) is 53.4 Å². The summed E-state index contributed by atoms with van der Waals surface area (Å²) in [6, 6.07) is 9.55. The summed E-state index contributed by atoms with van der Waals surface area (Å²) in [4.78, 5) is 9.07. The minimum absolute atomic E-state index is 0.0234. The number of rotatable bonds is 4. The predicted octanol–water partition coefficient (Wildman–Crippen LogP) is 2.31. The lowest BCUT2D eigenvalue weighted by Crippen LogP contribution is -2.41. The first-order valence-electron chi connectivity index (χ1n) is 8.90. The number of aliphatic hydroxyl groups is 1. The number of aromatic nitrogens is 1. The Morgan fingerprint density at radius 2 is 2.08 bits per heavy atom. The van der Waals surface area contributed by atoms with E-state index in [2.05, 4.69) is 15.9 Å². The summed E-state index contributed by atoms with van der Waals surface area (Å²) in [5.41, 5.74) is 2.96. The van der Waals surface area contributed by atoms with Crippen LogP contribution in [0, 0.1) is 6.92 Å². The highest BCUT2D eigenvalue weighted by atomic mass is 16.5. The molecule has 3 rings (SSSR count). The molecule has 140 valence electrons. The summed E-state index contributed by atoms with van der Waals surface area (Å²) >= 11 is 0. The lowest BCUT2D eigenvalue weighted by atomic mass is 10.1. The highest BCUT2D eigenvalue weighted by Crippen LogP contribution is 2.28. The number of ether oxygens (including phenoxy) is 1. The van der Waals surface area contributed by atoms with Crippen LogP contribution in [0.2, 0.25) is 0 Å². The molecule has 2 heterocycles. The molecule has 0 aliphatic carbocycles. The first kappa shape index (κ1) is 18.5. The van der Waals surface area contributed by atoms with Crippen LogP contribution < -0.4 is 9.64 Å². The maximum atomic E-state index is 10.3. The van der Waals surface area contributed by atoms with E-state index in [0.29, 0.717) is 12.3 Å². The molecule has 6 heteroatoms. The largest absolute Gasteiger partial charge is 0.507 e. The van der Waals surface area contributed by atoms with E-state index in [1.165, 1.54) is 0 Å². The van der Waals surface area contributed by atoms with Crippen molar-refractivity contribution in [1.82, 2.24) is 9.88 Å². The molecule has 1 aliphatic heterocycles. The molecule has 0 spiro atoms. The Morgan fingerprint density at radius 1 is 1.27 bits per heavy atom.